The molecule has 2 aromatic rings. The van der Waals surface area contributed by atoms with Crippen molar-refractivity contribution >= 4 is 11.8 Å². The fourth-order valence-electron chi connectivity index (χ4n) is 2.17. The van der Waals surface area contributed by atoms with Crippen molar-refractivity contribution in [1.82, 2.24) is 10.1 Å². The summed E-state index contributed by atoms with van der Waals surface area (Å²) in [6.07, 6.45) is 0.941. The Morgan fingerprint density at radius 3 is 2.57 bits per heavy atom. The Morgan fingerprint density at radius 1 is 1.24 bits per heavy atom. The van der Waals surface area contributed by atoms with E-state index in [1.165, 1.54) is 4.90 Å². The van der Waals surface area contributed by atoms with Crippen LogP contribution in [0.15, 0.2) is 39.8 Å². The lowest BCUT2D eigenvalue weighted by atomic mass is 9.84. The number of nitrogens with two attached hydrogens (primary N) is 1. The van der Waals surface area contributed by atoms with Crippen LogP contribution < -0.4 is 5.73 Å². The summed E-state index contributed by atoms with van der Waals surface area (Å²) in [5, 5.41) is 4.07. The molecule has 5 heteroatoms. The van der Waals surface area contributed by atoms with Crippen LogP contribution in [0.25, 0.3) is 0 Å². The van der Waals surface area contributed by atoms with Crippen molar-refractivity contribution in [3.05, 3.63) is 42.0 Å². The smallest absolute Gasteiger partial charge is 0.231 e. The summed E-state index contributed by atoms with van der Waals surface area (Å²) in [4.78, 5) is 5.70. The number of aromatic nitrogens is 2. The van der Waals surface area contributed by atoms with Gasteiger partial charge < -0.3 is 10.3 Å². The molecule has 0 bridgehead atoms. The molecule has 1 aromatic carbocycles. The minimum Gasteiger partial charge on any atom is -0.339 e. The molecule has 0 saturated heterocycles. The van der Waals surface area contributed by atoms with Crippen molar-refractivity contribution < 1.29 is 4.52 Å². The number of nitrogens with zero attached hydrogens (tertiary/aromatic N) is 2. The zero-order chi connectivity index (χ0) is 15.3. The average molecular weight is 305 g/mol. The first-order valence-corrected chi connectivity index (χ1v) is 8.17. The maximum atomic E-state index is 5.85. The van der Waals surface area contributed by atoms with E-state index in [4.69, 9.17) is 10.3 Å². The van der Waals surface area contributed by atoms with E-state index in [-0.39, 0.29) is 11.3 Å². The summed E-state index contributed by atoms with van der Waals surface area (Å²) in [7, 11) is 0. The molecule has 1 atom stereocenters. The molecule has 0 amide bonds. The van der Waals surface area contributed by atoms with E-state index < -0.39 is 0 Å². The maximum absolute atomic E-state index is 5.85. The molecule has 1 heterocycles. The Labute approximate surface area is 130 Å². The van der Waals surface area contributed by atoms with Crippen LogP contribution in [0, 0.1) is 5.41 Å². The number of hydrogen-bond donors (Lipinski definition) is 1. The number of thioether (sulfide) groups is 1. The van der Waals surface area contributed by atoms with Crippen LogP contribution in [0.1, 0.15) is 44.8 Å². The van der Waals surface area contributed by atoms with E-state index in [0.717, 1.165) is 12.2 Å². The third-order valence-electron chi connectivity index (χ3n) is 3.09. The van der Waals surface area contributed by atoms with Gasteiger partial charge >= 0.3 is 0 Å². The van der Waals surface area contributed by atoms with E-state index in [9.17, 15) is 0 Å². The summed E-state index contributed by atoms with van der Waals surface area (Å²) in [5.74, 6) is 2.23. The minimum atomic E-state index is 0.132. The van der Waals surface area contributed by atoms with Crippen molar-refractivity contribution in [2.45, 2.75) is 43.8 Å². The average Bonchev–Trinajstić information content (AvgIpc) is 2.91. The first-order valence-electron chi connectivity index (χ1n) is 7.18. The summed E-state index contributed by atoms with van der Waals surface area (Å²) < 4.78 is 5.40. The van der Waals surface area contributed by atoms with E-state index in [2.05, 4.69) is 43.0 Å². The van der Waals surface area contributed by atoms with Gasteiger partial charge in [-0.2, -0.15) is 4.98 Å². The molecule has 2 N–H and O–H groups in total. The topological polar surface area (TPSA) is 64.9 Å². The lowest BCUT2D eigenvalue weighted by molar-refractivity contribution is 0.286. The predicted octanol–water partition coefficient (Wildman–Crippen LogP) is 3.84. The molecule has 0 spiro atoms. The van der Waals surface area contributed by atoms with Gasteiger partial charge in [-0.25, -0.2) is 0 Å². The van der Waals surface area contributed by atoms with E-state index in [1.807, 2.05) is 18.2 Å². The van der Waals surface area contributed by atoms with Gasteiger partial charge in [0.2, 0.25) is 5.89 Å². The molecule has 1 unspecified atom stereocenters. The monoisotopic (exact) mass is 305 g/mol. The van der Waals surface area contributed by atoms with E-state index in [0.29, 0.717) is 18.2 Å². The number of hydrogen-bond acceptors (Lipinski definition) is 5. The quantitative estimate of drug-likeness (QED) is 0.821. The molecule has 2 rings (SSSR count). The first-order chi connectivity index (χ1) is 9.98. The van der Waals surface area contributed by atoms with Gasteiger partial charge in [0.25, 0.3) is 0 Å². The Hall–Kier alpha value is -1.33. The SMILES string of the molecule is CC(C)(C)CC(CN)c1nc(CSc2ccccc2)no1. The van der Waals surface area contributed by atoms with Gasteiger partial charge in [-0.3, -0.25) is 0 Å². The fraction of sp³-hybridized carbons (Fsp3) is 0.500. The molecule has 4 nitrogen and oxygen atoms in total. The Balaban J connectivity index is 1.97. The molecule has 0 saturated carbocycles. The summed E-state index contributed by atoms with van der Waals surface area (Å²) in [6, 6.07) is 10.2. The molecule has 21 heavy (non-hydrogen) atoms. The van der Waals surface area contributed by atoms with Crippen molar-refractivity contribution in [3.63, 3.8) is 0 Å². The van der Waals surface area contributed by atoms with Crippen molar-refractivity contribution in [1.29, 1.82) is 0 Å². The summed E-state index contributed by atoms with van der Waals surface area (Å²) >= 11 is 1.70. The predicted molar refractivity (Wildman–Crippen MR) is 86.2 cm³/mol. The number of benzene rings is 1. The van der Waals surface area contributed by atoms with Gasteiger partial charge in [-0.1, -0.05) is 44.1 Å². The molecule has 0 aliphatic heterocycles. The normalized spacial score (nSPS) is 13.3. The maximum Gasteiger partial charge on any atom is 0.231 e. The highest BCUT2D eigenvalue weighted by Gasteiger charge is 2.24. The van der Waals surface area contributed by atoms with Crippen molar-refractivity contribution in [3.8, 4) is 0 Å². The van der Waals surface area contributed by atoms with E-state index >= 15 is 0 Å². The van der Waals surface area contributed by atoms with Gasteiger partial charge in [0.05, 0.1) is 11.7 Å². The summed E-state index contributed by atoms with van der Waals surface area (Å²) in [5.41, 5.74) is 6.05. The van der Waals surface area contributed by atoms with Gasteiger partial charge in [0.1, 0.15) is 0 Å². The summed E-state index contributed by atoms with van der Waals surface area (Å²) in [6.45, 7) is 7.11. The lowest BCUT2D eigenvalue weighted by Crippen LogP contribution is -2.19. The fourth-order valence-corrected chi connectivity index (χ4v) is 2.93. The molecule has 0 aliphatic carbocycles. The zero-order valence-electron chi connectivity index (χ0n) is 12.9. The molecular formula is C16H23N3OS. The Kier molecular flexibility index (Phi) is 5.42. The van der Waals surface area contributed by atoms with Crippen LogP contribution in [0.3, 0.4) is 0 Å². The van der Waals surface area contributed by atoms with Gasteiger partial charge in [0.15, 0.2) is 5.82 Å². The van der Waals surface area contributed by atoms with Gasteiger partial charge in [0, 0.05) is 11.4 Å². The minimum absolute atomic E-state index is 0.132. The third-order valence-corrected chi connectivity index (χ3v) is 4.10. The standard InChI is InChI=1S/C16H23N3OS/c1-16(2,3)9-12(10-17)15-18-14(19-20-15)11-21-13-7-5-4-6-8-13/h4-8,12H,9-11,17H2,1-3H3. The Morgan fingerprint density at radius 2 is 1.95 bits per heavy atom. The molecule has 0 aliphatic rings. The lowest BCUT2D eigenvalue weighted by Gasteiger charge is -2.22. The van der Waals surface area contributed by atoms with Gasteiger partial charge in [-0.15, -0.1) is 11.8 Å². The zero-order valence-corrected chi connectivity index (χ0v) is 13.7. The van der Waals surface area contributed by atoms with Crippen LogP contribution in [0.5, 0.6) is 0 Å². The van der Waals surface area contributed by atoms with E-state index in [1.54, 1.807) is 11.8 Å². The first kappa shape index (κ1) is 16.0. The highest BCUT2D eigenvalue weighted by molar-refractivity contribution is 7.98. The molecule has 0 radical (unpaired) electrons. The van der Waals surface area contributed by atoms with Crippen LogP contribution in [-0.2, 0) is 5.75 Å². The highest BCUT2D eigenvalue weighted by Crippen LogP contribution is 2.30. The number of rotatable bonds is 6. The molecular weight excluding hydrogens is 282 g/mol. The third kappa shape index (κ3) is 5.17. The van der Waals surface area contributed by atoms with Crippen LogP contribution in [0.2, 0.25) is 0 Å². The second kappa shape index (κ2) is 7.09. The van der Waals surface area contributed by atoms with Crippen molar-refractivity contribution in [2.75, 3.05) is 6.54 Å². The van der Waals surface area contributed by atoms with Crippen LogP contribution >= 0.6 is 11.8 Å². The highest BCUT2D eigenvalue weighted by atomic mass is 32.2. The van der Waals surface area contributed by atoms with Crippen LogP contribution in [0.4, 0.5) is 0 Å². The Bertz CT molecular complexity index is 548. The molecule has 1 aromatic heterocycles. The van der Waals surface area contributed by atoms with Crippen molar-refractivity contribution in [2.24, 2.45) is 11.1 Å². The second-order valence-electron chi connectivity index (χ2n) is 6.35. The largest absolute Gasteiger partial charge is 0.339 e. The second-order valence-corrected chi connectivity index (χ2v) is 7.40. The molecule has 0 fully saturated rings. The molecule has 114 valence electrons. The van der Waals surface area contributed by atoms with Crippen LogP contribution in [-0.4, -0.2) is 16.7 Å². The van der Waals surface area contributed by atoms with Gasteiger partial charge in [-0.05, 0) is 24.0 Å².